The molecule has 0 spiro atoms. The molecule has 0 N–H and O–H groups in total. The van der Waals surface area contributed by atoms with Crippen molar-refractivity contribution in [2.24, 2.45) is 0 Å². The lowest BCUT2D eigenvalue weighted by atomic mass is 10.2. The SMILES string of the molecule is Cc1ccc(S(=O)(=O)Oc2ccn(Cc3ccccc3)c2)cc1. The van der Waals surface area contributed by atoms with Gasteiger partial charge in [0.25, 0.3) is 0 Å². The molecule has 2 aromatic carbocycles. The summed E-state index contributed by atoms with van der Waals surface area (Å²) in [5.74, 6) is 0.307. The predicted molar refractivity (Wildman–Crippen MR) is 89.0 cm³/mol. The van der Waals surface area contributed by atoms with Crippen LogP contribution in [0.25, 0.3) is 0 Å². The van der Waals surface area contributed by atoms with E-state index in [1.807, 2.05) is 41.8 Å². The monoisotopic (exact) mass is 327 g/mol. The maximum atomic E-state index is 12.2. The van der Waals surface area contributed by atoms with E-state index in [1.165, 1.54) is 0 Å². The lowest BCUT2D eigenvalue weighted by molar-refractivity contribution is 0.485. The third kappa shape index (κ3) is 3.81. The third-order valence-electron chi connectivity index (χ3n) is 3.45. The fourth-order valence-electron chi connectivity index (χ4n) is 2.24. The summed E-state index contributed by atoms with van der Waals surface area (Å²) < 4.78 is 31.6. The highest BCUT2D eigenvalue weighted by Gasteiger charge is 2.16. The molecule has 0 aliphatic rings. The Morgan fingerprint density at radius 3 is 2.35 bits per heavy atom. The van der Waals surface area contributed by atoms with Gasteiger partial charge in [-0.15, -0.1) is 0 Å². The highest BCUT2D eigenvalue weighted by molar-refractivity contribution is 7.87. The van der Waals surface area contributed by atoms with Crippen molar-refractivity contribution in [2.45, 2.75) is 18.4 Å². The number of aromatic nitrogens is 1. The molecule has 1 aromatic heterocycles. The molecular formula is C18H17NO3S. The molecule has 0 saturated carbocycles. The molecule has 118 valence electrons. The second-order valence-corrected chi connectivity index (χ2v) is 6.90. The molecular weight excluding hydrogens is 310 g/mol. The fraction of sp³-hybridized carbons (Fsp3) is 0.111. The Morgan fingerprint density at radius 1 is 0.957 bits per heavy atom. The van der Waals surface area contributed by atoms with Crippen molar-refractivity contribution in [3.8, 4) is 5.75 Å². The molecule has 0 aliphatic heterocycles. The topological polar surface area (TPSA) is 48.3 Å². The maximum Gasteiger partial charge on any atom is 0.339 e. The molecule has 0 radical (unpaired) electrons. The molecule has 23 heavy (non-hydrogen) atoms. The molecule has 0 amide bonds. The Kier molecular flexibility index (Phi) is 4.21. The number of rotatable bonds is 5. The Morgan fingerprint density at radius 2 is 1.65 bits per heavy atom. The summed E-state index contributed by atoms with van der Waals surface area (Å²) in [5, 5.41) is 0. The normalized spacial score (nSPS) is 11.3. The minimum Gasteiger partial charge on any atom is -0.377 e. The predicted octanol–water partition coefficient (Wildman–Crippen LogP) is 3.61. The minimum atomic E-state index is -3.80. The Labute approximate surface area is 136 Å². The van der Waals surface area contributed by atoms with Crippen molar-refractivity contribution >= 4 is 10.1 Å². The van der Waals surface area contributed by atoms with Gasteiger partial charge in [0.1, 0.15) is 4.90 Å². The molecule has 4 nitrogen and oxygen atoms in total. The van der Waals surface area contributed by atoms with Crippen LogP contribution >= 0.6 is 0 Å². The van der Waals surface area contributed by atoms with E-state index in [0.29, 0.717) is 12.3 Å². The molecule has 0 atom stereocenters. The number of nitrogens with zero attached hydrogens (tertiary/aromatic N) is 1. The molecule has 3 rings (SSSR count). The van der Waals surface area contributed by atoms with Crippen LogP contribution in [0.5, 0.6) is 5.75 Å². The van der Waals surface area contributed by atoms with Crippen LogP contribution in [0.4, 0.5) is 0 Å². The van der Waals surface area contributed by atoms with E-state index in [9.17, 15) is 8.42 Å². The first kappa shape index (κ1) is 15.4. The molecule has 0 fully saturated rings. The number of hydrogen-bond acceptors (Lipinski definition) is 3. The largest absolute Gasteiger partial charge is 0.377 e. The first-order valence-corrected chi connectivity index (χ1v) is 8.65. The van der Waals surface area contributed by atoms with Crippen molar-refractivity contribution in [1.82, 2.24) is 4.57 Å². The Balaban J connectivity index is 1.74. The van der Waals surface area contributed by atoms with E-state index in [-0.39, 0.29) is 4.90 Å². The minimum absolute atomic E-state index is 0.152. The van der Waals surface area contributed by atoms with Crippen LogP contribution in [-0.2, 0) is 16.7 Å². The van der Waals surface area contributed by atoms with Gasteiger partial charge in [-0.2, -0.15) is 8.42 Å². The molecule has 0 unspecified atom stereocenters. The maximum absolute atomic E-state index is 12.2. The van der Waals surface area contributed by atoms with Crippen molar-refractivity contribution < 1.29 is 12.6 Å². The molecule has 3 aromatic rings. The summed E-state index contributed by atoms with van der Waals surface area (Å²) in [6.07, 6.45) is 3.48. The Bertz CT molecular complexity index is 882. The highest BCUT2D eigenvalue weighted by atomic mass is 32.2. The first-order chi connectivity index (χ1) is 11.0. The van der Waals surface area contributed by atoms with Crippen molar-refractivity contribution in [3.05, 3.63) is 84.2 Å². The molecule has 5 heteroatoms. The first-order valence-electron chi connectivity index (χ1n) is 7.24. The highest BCUT2D eigenvalue weighted by Crippen LogP contribution is 2.20. The van der Waals surface area contributed by atoms with Gasteiger partial charge in [0, 0.05) is 18.9 Å². The summed E-state index contributed by atoms with van der Waals surface area (Å²) >= 11 is 0. The number of hydrogen-bond donors (Lipinski definition) is 0. The quantitative estimate of drug-likeness (QED) is 0.673. The van der Waals surface area contributed by atoms with Crippen LogP contribution in [0.1, 0.15) is 11.1 Å². The van der Waals surface area contributed by atoms with Gasteiger partial charge in [0.15, 0.2) is 5.75 Å². The second kappa shape index (κ2) is 6.30. The molecule has 0 aliphatic carbocycles. The average molecular weight is 327 g/mol. The zero-order valence-electron chi connectivity index (χ0n) is 12.7. The summed E-state index contributed by atoms with van der Waals surface area (Å²) in [5.41, 5.74) is 2.13. The van der Waals surface area contributed by atoms with Gasteiger partial charge in [-0.25, -0.2) is 0 Å². The molecule has 0 bridgehead atoms. The van der Waals surface area contributed by atoms with Gasteiger partial charge >= 0.3 is 10.1 Å². The zero-order chi connectivity index (χ0) is 16.3. The van der Waals surface area contributed by atoms with Crippen LogP contribution in [0.15, 0.2) is 78.0 Å². The van der Waals surface area contributed by atoms with E-state index < -0.39 is 10.1 Å². The summed E-state index contributed by atoms with van der Waals surface area (Å²) in [6.45, 7) is 2.57. The van der Waals surface area contributed by atoms with Gasteiger partial charge in [-0.3, -0.25) is 0 Å². The fourth-order valence-corrected chi connectivity index (χ4v) is 3.16. The lowest BCUT2D eigenvalue weighted by Gasteiger charge is -2.06. The van der Waals surface area contributed by atoms with Crippen LogP contribution in [0.3, 0.4) is 0 Å². The van der Waals surface area contributed by atoms with E-state index in [0.717, 1.165) is 11.1 Å². The van der Waals surface area contributed by atoms with E-state index in [2.05, 4.69) is 0 Å². The molecule has 0 saturated heterocycles. The van der Waals surface area contributed by atoms with Crippen molar-refractivity contribution in [3.63, 3.8) is 0 Å². The van der Waals surface area contributed by atoms with Crippen LogP contribution in [-0.4, -0.2) is 13.0 Å². The van der Waals surface area contributed by atoms with E-state index >= 15 is 0 Å². The van der Waals surface area contributed by atoms with E-state index in [4.69, 9.17) is 4.18 Å². The third-order valence-corrected chi connectivity index (χ3v) is 4.71. The van der Waals surface area contributed by atoms with Gasteiger partial charge < -0.3 is 8.75 Å². The summed E-state index contributed by atoms with van der Waals surface area (Å²) in [6, 6.07) is 18.2. The van der Waals surface area contributed by atoms with E-state index in [1.54, 1.807) is 42.7 Å². The average Bonchev–Trinajstić information content (AvgIpc) is 2.95. The standard InChI is InChI=1S/C18H17NO3S/c1-15-7-9-18(10-8-15)23(20,21)22-17-11-12-19(14-17)13-16-5-3-2-4-6-16/h2-12,14H,13H2,1H3. The summed E-state index contributed by atoms with van der Waals surface area (Å²) in [4.78, 5) is 0.152. The van der Waals surface area contributed by atoms with Crippen LogP contribution in [0.2, 0.25) is 0 Å². The van der Waals surface area contributed by atoms with Gasteiger partial charge in [-0.05, 0) is 30.7 Å². The lowest BCUT2D eigenvalue weighted by Crippen LogP contribution is -2.09. The van der Waals surface area contributed by atoms with Gasteiger partial charge in [0.2, 0.25) is 0 Å². The second-order valence-electron chi connectivity index (χ2n) is 5.36. The van der Waals surface area contributed by atoms with Crippen molar-refractivity contribution in [1.29, 1.82) is 0 Å². The molecule has 1 heterocycles. The van der Waals surface area contributed by atoms with Crippen molar-refractivity contribution in [2.75, 3.05) is 0 Å². The number of aryl methyl sites for hydroxylation is 1. The van der Waals surface area contributed by atoms with Crippen LogP contribution < -0.4 is 4.18 Å². The van der Waals surface area contributed by atoms with Crippen LogP contribution in [0, 0.1) is 6.92 Å². The Hall–Kier alpha value is -2.53. The summed E-state index contributed by atoms with van der Waals surface area (Å²) in [7, 11) is -3.80. The van der Waals surface area contributed by atoms with Gasteiger partial charge in [-0.1, -0.05) is 48.0 Å². The number of benzene rings is 2. The van der Waals surface area contributed by atoms with Gasteiger partial charge in [0.05, 0.1) is 0 Å². The smallest absolute Gasteiger partial charge is 0.339 e. The zero-order valence-corrected chi connectivity index (χ0v) is 13.5.